The SMILES string of the molecule is O=C(NC(=S)Nc1cccc(OCc2ccccc2)c1)C1CCc2ccccc2C1. The summed E-state index contributed by atoms with van der Waals surface area (Å²) in [6, 6.07) is 25.9. The number of nitrogens with one attached hydrogen (secondary N) is 2. The summed E-state index contributed by atoms with van der Waals surface area (Å²) in [6.07, 6.45) is 2.52. The Morgan fingerprint density at radius 3 is 2.57 bits per heavy atom. The number of aryl methyl sites for hydroxylation is 1. The first kappa shape index (κ1) is 20.1. The number of ether oxygens (including phenoxy) is 1. The molecule has 1 atom stereocenters. The van der Waals surface area contributed by atoms with Crippen LogP contribution >= 0.6 is 12.2 Å². The molecule has 1 aliphatic rings. The van der Waals surface area contributed by atoms with Crippen LogP contribution in [0.5, 0.6) is 5.75 Å². The van der Waals surface area contributed by atoms with Gasteiger partial charge in [-0.3, -0.25) is 4.79 Å². The Morgan fingerprint density at radius 2 is 1.73 bits per heavy atom. The van der Waals surface area contributed by atoms with Gasteiger partial charge in [-0.2, -0.15) is 0 Å². The molecule has 0 aromatic heterocycles. The maximum atomic E-state index is 12.7. The second-order valence-corrected chi connectivity index (χ2v) is 7.86. The fraction of sp³-hybridized carbons (Fsp3) is 0.200. The summed E-state index contributed by atoms with van der Waals surface area (Å²) in [5.74, 6) is 0.653. The van der Waals surface area contributed by atoms with Gasteiger partial charge in [0.25, 0.3) is 0 Å². The van der Waals surface area contributed by atoms with Gasteiger partial charge >= 0.3 is 0 Å². The zero-order valence-corrected chi connectivity index (χ0v) is 17.5. The van der Waals surface area contributed by atoms with E-state index in [-0.39, 0.29) is 11.8 Å². The smallest absolute Gasteiger partial charge is 0.229 e. The van der Waals surface area contributed by atoms with Crippen LogP contribution in [0.15, 0.2) is 78.9 Å². The van der Waals surface area contributed by atoms with Gasteiger partial charge in [0.05, 0.1) is 0 Å². The van der Waals surface area contributed by atoms with Crippen LogP contribution in [0.3, 0.4) is 0 Å². The molecule has 4 rings (SSSR count). The number of rotatable bonds is 5. The second-order valence-electron chi connectivity index (χ2n) is 7.45. The molecule has 0 saturated heterocycles. The molecular formula is C25H24N2O2S. The van der Waals surface area contributed by atoms with Gasteiger partial charge in [-0.25, -0.2) is 0 Å². The third-order valence-electron chi connectivity index (χ3n) is 5.29. The molecule has 2 N–H and O–H groups in total. The number of hydrogen-bond donors (Lipinski definition) is 2. The highest BCUT2D eigenvalue weighted by molar-refractivity contribution is 7.80. The average Bonchev–Trinajstić information content (AvgIpc) is 2.78. The molecule has 1 aliphatic carbocycles. The van der Waals surface area contributed by atoms with Crippen molar-refractivity contribution in [2.75, 3.05) is 5.32 Å². The minimum Gasteiger partial charge on any atom is -0.489 e. The van der Waals surface area contributed by atoms with Crippen LogP contribution in [0.1, 0.15) is 23.1 Å². The number of amides is 1. The molecule has 4 nitrogen and oxygen atoms in total. The highest BCUT2D eigenvalue weighted by Gasteiger charge is 2.24. The number of carbonyl (C=O) groups excluding carboxylic acids is 1. The summed E-state index contributed by atoms with van der Waals surface area (Å²) in [5, 5.41) is 6.24. The molecule has 0 saturated carbocycles. The van der Waals surface area contributed by atoms with E-state index in [1.807, 2.05) is 60.7 Å². The Bertz CT molecular complexity index is 1040. The average molecular weight is 417 g/mol. The van der Waals surface area contributed by atoms with Gasteiger partial charge in [0.1, 0.15) is 12.4 Å². The lowest BCUT2D eigenvalue weighted by Gasteiger charge is -2.24. The van der Waals surface area contributed by atoms with Crippen LogP contribution in [-0.4, -0.2) is 11.0 Å². The molecule has 0 heterocycles. The molecule has 0 radical (unpaired) electrons. The van der Waals surface area contributed by atoms with Crippen LogP contribution in [0.25, 0.3) is 0 Å². The Labute approximate surface area is 182 Å². The Kier molecular flexibility index (Phi) is 6.40. The monoisotopic (exact) mass is 416 g/mol. The van der Waals surface area contributed by atoms with E-state index >= 15 is 0 Å². The van der Waals surface area contributed by atoms with Crippen LogP contribution in [0.2, 0.25) is 0 Å². The van der Waals surface area contributed by atoms with Crippen molar-refractivity contribution in [3.05, 3.63) is 95.6 Å². The molecule has 5 heteroatoms. The van der Waals surface area contributed by atoms with Crippen LogP contribution in [0.4, 0.5) is 5.69 Å². The lowest BCUT2D eigenvalue weighted by atomic mass is 9.83. The largest absolute Gasteiger partial charge is 0.489 e. The van der Waals surface area contributed by atoms with Crippen LogP contribution < -0.4 is 15.4 Å². The van der Waals surface area contributed by atoms with E-state index in [9.17, 15) is 4.79 Å². The maximum absolute atomic E-state index is 12.7. The zero-order valence-electron chi connectivity index (χ0n) is 16.6. The zero-order chi connectivity index (χ0) is 20.8. The summed E-state index contributed by atoms with van der Waals surface area (Å²) in [5.41, 5.74) is 4.48. The molecule has 3 aromatic carbocycles. The predicted molar refractivity (Wildman–Crippen MR) is 124 cm³/mol. The molecule has 0 fully saturated rings. The van der Waals surface area contributed by atoms with Gasteiger partial charge in [-0.05, 0) is 60.3 Å². The summed E-state index contributed by atoms with van der Waals surface area (Å²) >= 11 is 5.36. The highest BCUT2D eigenvalue weighted by Crippen LogP contribution is 2.25. The topological polar surface area (TPSA) is 50.4 Å². The standard InChI is InChI=1S/C25H24N2O2S/c28-24(21-14-13-19-9-4-5-10-20(19)15-21)27-25(30)26-22-11-6-12-23(16-22)29-17-18-7-2-1-3-8-18/h1-12,16,21H,13-15,17H2,(H2,26,27,28,30). The van der Waals surface area contributed by atoms with Gasteiger partial charge in [0.2, 0.25) is 5.91 Å². The fourth-order valence-electron chi connectivity index (χ4n) is 3.70. The van der Waals surface area contributed by atoms with Gasteiger partial charge in [0.15, 0.2) is 5.11 Å². The number of hydrogen-bond acceptors (Lipinski definition) is 3. The minimum atomic E-state index is -0.0554. The van der Waals surface area contributed by atoms with Crippen molar-refractivity contribution in [3.8, 4) is 5.75 Å². The van der Waals surface area contributed by atoms with Crippen molar-refractivity contribution in [2.24, 2.45) is 5.92 Å². The van der Waals surface area contributed by atoms with E-state index in [1.165, 1.54) is 11.1 Å². The summed E-state index contributed by atoms with van der Waals surface area (Å²) in [6.45, 7) is 0.495. The number of carbonyl (C=O) groups is 1. The van der Waals surface area contributed by atoms with E-state index in [2.05, 4.69) is 28.8 Å². The molecule has 30 heavy (non-hydrogen) atoms. The molecule has 3 aromatic rings. The second kappa shape index (κ2) is 9.55. The van der Waals surface area contributed by atoms with Gasteiger partial charge in [-0.15, -0.1) is 0 Å². The lowest BCUT2D eigenvalue weighted by molar-refractivity contribution is -0.123. The van der Waals surface area contributed by atoms with Crippen LogP contribution in [0, 0.1) is 5.92 Å². The van der Waals surface area contributed by atoms with Gasteiger partial charge in [-0.1, -0.05) is 60.7 Å². The highest BCUT2D eigenvalue weighted by atomic mass is 32.1. The molecule has 152 valence electrons. The fourth-order valence-corrected chi connectivity index (χ4v) is 3.92. The summed E-state index contributed by atoms with van der Waals surface area (Å²) in [4.78, 5) is 12.7. The molecule has 0 bridgehead atoms. The number of fused-ring (bicyclic) bond motifs is 1. The van der Waals surface area contributed by atoms with Crippen molar-refractivity contribution < 1.29 is 9.53 Å². The Balaban J connectivity index is 1.30. The van der Waals surface area contributed by atoms with Crippen molar-refractivity contribution in [1.82, 2.24) is 5.32 Å². The first-order valence-electron chi connectivity index (χ1n) is 10.1. The van der Waals surface area contributed by atoms with E-state index in [1.54, 1.807) is 0 Å². The molecule has 0 spiro atoms. The third-order valence-corrected chi connectivity index (χ3v) is 5.50. The van der Waals surface area contributed by atoms with E-state index in [0.717, 1.165) is 36.3 Å². The van der Waals surface area contributed by atoms with E-state index < -0.39 is 0 Å². The molecule has 1 amide bonds. The van der Waals surface area contributed by atoms with E-state index in [0.29, 0.717) is 11.7 Å². The maximum Gasteiger partial charge on any atom is 0.229 e. The van der Waals surface area contributed by atoms with Crippen molar-refractivity contribution >= 4 is 28.9 Å². The summed E-state index contributed by atoms with van der Waals surface area (Å²) in [7, 11) is 0. The van der Waals surface area contributed by atoms with Gasteiger partial charge in [0, 0.05) is 17.7 Å². The lowest BCUT2D eigenvalue weighted by Crippen LogP contribution is -2.40. The van der Waals surface area contributed by atoms with Crippen molar-refractivity contribution in [1.29, 1.82) is 0 Å². The molecule has 1 unspecified atom stereocenters. The third kappa shape index (κ3) is 5.24. The normalized spacial score (nSPS) is 15.0. The molecular weight excluding hydrogens is 392 g/mol. The predicted octanol–water partition coefficient (Wildman–Crippen LogP) is 4.88. The quantitative estimate of drug-likeness (QED) is 0.582. The number of anilines is 1. The Hall–Kier alpha value is -3.18. The number of benzene rings is 3. The molecule has 0 aliphatic heterocycles. The minimum absolute atomic E-state index is 0.0292. The van der Waals surface area contributed by atoms with E-state index in [4.69, 9.17) is 17.0 Å². The Morgan fingerprint density at radius 1 is 0.967 bits per heavy atom. The van der Waals surface area contributed by atoms with Crippen LogP contribution in [-0.2, 0) is 24.2 Å². The summed E-state index contributed by atoms with van der Waals surface area (Å²) < 4.78 is 5.85. The first-order valence-corrected chi connectivity index (χ1v) is 10.5. The first-order chi connectivity index (χ1) is 14.7. The van der Waals surface area contributed by atoms with Crippen molar-refractivity contribution in [3.63, 3.8) is 0 Å². The van der Waals surface area contributed by atoms with Gasteiger partial charge < -0.3 is 15.4 Å². The number of thiocarbonyl (C=S) groups is 1. The van der Waals surface area contributed by atoms with Crippen molar-refractivity contribution in [2.45, 2.75) is 25.9 Å².